The zero-order valence-electron chi connectivity index (χ0n) is 12.8. The van der Waals surface area contributed by atoms with Crippen LogP contribution in [0, 0.1) is 0 Å². The maximum atomic E-state index is 4.83. The third-order valence-corrected chi connectivity index (χ3v) is 4.20. The van der Waals surface area contributed by atoms with Crippen LogP contribution in [-0.4, -0.2) is 32.6 Å². The molecule has 1 aromatic carbocycles. The first-order chi connectivity index (χ1) is 10.7. The van der Waals surface area contributed by atoms with Gasteiger partial charge in [0.15, 0.2) is 0 Å². The maximum absolute atomic E-state index is 4.83. The maximum Gasteiger partial charge on any atom is 0.225 e. The van der Waals surface area contributed by atoms with Crippen molar-refractivity contribution in [3.05, 3.63) is 48.5 Å². The first-order valence-electron chi connectivity index (χ1n) is 7.73. The van der Waals surface area contributed by atoms with E-state index in [9.17, 15) is 0 Å². The van der Waals surface area contributed by atoms with Crippen molar-refractivity contribution in [2.45, 2.75) is 25.8 Å². The molecule has 112 valence electrons. The highest BCUT2D eigenvalue weighted by atomic mass is 15.3. The van der Waals surface area contributed by atoms with E-state index < -0.39 is 0 Å². The molecule has 0 saturated carbocycles. The Balaban J connectivity index is 1.67. The predicted octanol–water partition coefficient (Wildman–Crippen LogP) is 3.01. The van der Waals surface area contributed by atoms with Crippen LogP contribution in [-0.2, 0) is 0 Å². The lowest BCUT2D eigenvalue weighted by Gasteiger charge is -2.41. The number of para-hydroxylation sites is 2. The molecule has 0 unspecified atom stereocenters. The predicted molar refractivity (Wildman–Crippen MR) is 87.1 cm³/mol. The van der Waals surface area contributed by atoms with Gasteiger partial charge in [-0.1, -0.05) is 26.0 Å². The summed E-state index contributed by atoms with van der Waals surface area (Å²) in [6.45, 7) is 6.27. The van der Waals surface area contributed by atoms with Crippen molar-refractivity contribution in [3.8, 4) is 0 Å². The number of rotatable bonds is 3. The fourth-order valence-electron chi connectivity index (χ4n) is 3.09. The quantitative estimate of drug-likeness (QED) is 0.745. The van der Waals surface area contributed by atoms with E-state index in [1.807, 2.05) is 6.07 Å². The molecule has 1 saturated heterocycles. The third-order valence-electron chi connectivity index (χ3n) is 4.20. The molecule has 0 bridgehead atoms. The first-order valence-corrected chi connectivity index (χ1v) is 7.73. The van der Waals surface area contributed by atoms with E-state index in [4.69, 9.17) is 4.98 Å². The molecule has 2 aromatic heterocycles. The second kappa shape index (κ2) is 5.09. The van der Waals surface area contributed by atoms with Gasteiger partial charge in [-0.05, 0) is 18.2 Å². The van der Waals surface area contributed by atoms with Gasteiger partial charge in [-0.3, -0.25) is 0 Å². The van der Waals surface area contributed by atoms with Crippen molar-refractivity contribution in [1.82, 2.24) is 19.5 Å². The molecule has 22 heavy (non-hydrogen) atoms. The van der Waals surface area contributed by atoms with Crippen LogP contribution in [0.3, 0.4) is 0 Å². The first kappa shape index (κ1) is 13.2. The molecule has 0 radical (unpaired) electrons. The van der Waals surface area contributed by atoms with Crippen molar-refractivity contribution in [2.24, 2.45) is 0 Å². The second-order valence-corrected chi connectivity index (χ2v) is 6.09. The van der Waals surface area contributed by atoms with Crippen LogP contribution >= 0.6 is 0 Å². The van der Waals surface area contributed by atoms with Gasteiger partial charge in [0.1, 0.15) is 5.82 Å². The summed E-state index contributed by atoms with van der Waals surface area (Å²) in [5, 5.41) is 0. The van der Waals surface area contributed by atoms with E-state index in [-0.39, 0.29) is 0 Å². The minimum atomic E-state index is 0.412. The summed E-state index contributed by atoms with van der Waals surface area (Å²) in [7, 11) is 0. The molecule has 5 heteroatoms. The molecule has 0 amide bonds. The molecule has 0 atom stereocenters. The highest BCUT2D eigenvalue weighted by Gasteiger charge is 2.33. The molecule has 1 fully saturated rings. The number of aromatic nitrogens is 4. The van der Waals surface area contributed by atoms with E-state index in [1.54, 1.807) is 12.4 Å². The van der Waals surface area contributed by atoms with Crippen LogP contribution in [0.2, 0.25) is 0 Å². The van der Waals surface area contributed by atoms with Crippen molar-refractivity contribution in [3.63, 3.8) is 0 Å². The summed E-state index contributed by atoms with van der Waals surface area (Å²) in [4.78, 5) is 15.7. The van der Waals surface area contributed by atoms with Gasteiger partial charge in [0.2, 0.25) is 5.95 Å². The second-order valence-electron chi connectivity index (χ2n) is 6.09. The fourth-order valence-corrected chi connectivity index (χ4v) is 3.09. The number of nitrogens with zero attached hydrogens (tertiary/aromatic N) is 5. The lowest BCUT2D eigenvalue weighted by molar-refractivity contribution is 0.387. The molecule has 3 heterocycles. The highest BCUT2D eigenvalue weighted by molar-refractivity contribution is 5.76. The van der Waals surface area contributed by atoms with E-state index in [2.05, 4.69) is 57.5 Å². The Morgan fingerprint density at radius 1 is 1.05 bits per heavy atom. The van der Waals surface area contributed by atoms with Crippen molar-refractivity contribution in [1.29, 1.82) is 0 Å². The van der Waals surface area contributed by atoms with E-state index in [0.29, 0.717) is 12.0 Å². The Labute approximate surface area is 129 Å². The summed E-state index contributed by atoms with van der Waals surface area (Å²) >= 11 is 0. The van der Waals surface area contributed by atoms with E-state index in [1.165, 1.54) is 11.3 Å². The Morgan fingerprint density at radius 2 is 1.77 bits per heavy atom. The Morgan fingerprint density at radius 3 is 2.50 bits per heavy atom. The van der Waals surface area contributed by atoms with Gasteiger partial charge in [0.25, 0.3) is 0 Å². The van der Waals surface area contributed by atoms with Crippen molar-refractivity contribution in [2.75, 3.05) is 18.0 Å². The normalized spacial score (nSPS) is 15.5. The van der Waals surface area contributed by atoms with E-state index in [0.717, 1.165) is 24.6 Å². The van der Waals surface area contributed by atoms with Gasteiger partial charge in [0, 0.05) is 31.4 Å². The SMILES string of the molecule is CC(C)c1nc2ccccc2n1C1CN(c2ncccn2)C1. The molecule has 0 spiro atoms. The Bertz CT molecular complexity index is 787. The molecular formula is C17H19N5. The molecule has 1 aliphatic rings. The molecule has 4 rings (SSSR count). The third kappa shape index (κ3) is 2.04. The molecule has 5 nitrogen and oxygen atoms in total. The Kier molecular flexibility index (Phi) is 3.06. The summed E-state index contributed by atoms with van der Waals surface area (Å²) < 4.78 is 2.40. The molecular weight excluding hydrogens is 274 g/mol. The summed E-state index contributed by atoms with van der Waals surface area (Å²) in [6, 6.07) is 10.7. The lowest BCUT2D eigenvalue weighted by atomic mass is 10.1. The zero-order valence-corrected chi connectivity index (χ0v) is 12.8. The average Bonchev–Trinajstić information content (AvgIpc) is 2.87. The minimum absolute atomic E-state index is 0.412. The van der Waals surface area contributed by atoms with Gasteiger partial charge >= 0.3 is 0 Å². The standard InChI is InChI=1S/C17H19N5/c1-12(2)16-20-14-6-3-4-7-15(14)22(16)13-10-21(11-13)17-18-8-5-9-19-17/h3-9,12-13H,10-11H2,1-2H3. The molecule has 0 aliphatic carbocycles. The van der Waals surface area contributed by atoms with Gasteiger partial charge in [-0.15, -0.1) is 0 Å². The topological polar surface area (TPSA) is 46.8 Å². The highest BCUT2D eigenvalue weighted by Crippen LogP contribution is 2.32. The van der Waals surface area contributed by atoms with Gasteiger partial charge in [0.05, 0.1) is 17.1 Å². The average molecular weight is 293 g/mol. The number of imidazole rings is 1. The van der Waals surface area contributed by atoms with Crippen molar-refractivity contribution < 1.29 is 0 Å². The molecule has 3 aromatic rings. The molecule has 0 N–H and O–H groups in total. The summed E-state index contributed by atoms with van der Waals surface area (Å²) in [5.41, 5.74) is 2.31. The van der Waals surface area contributed by atoms with E-state index >= 15 is 0 Å². The van der Waals surface area contributed by atoms with Crippen molar-refractivity contribution >= 4 is 17.0 Å². The zero-order chi connectivity index (χ0) is 15.1. The van der Waals surface area contributed by atoms with Gasteiger partial charge in [-0.2, -0.15) is 0 Å². The van der Waals surface area contributed by atoms with Crippen LogP contribution in [0.15, 0.2) is 42.7 Å². The number of hydrogen-bond acceptors (Lipinski definition) is 4. The van der Waals surface area contributed by atoms with Crippen LogP contribution < -0.4 is 4.90 Å². The summed E-state index contributed by atoms with van der Waals surface area (Å²) in [5.74, 6) is 2.39. The number of anilines is 1. The summed E-state index contributed by atoms with van der Waals surface area (Å²) in [6.07, 6.45) is 3.59. The Hall–Kier alpha value is -2.43. The number of hydrogen-bond donors (Lipinski definition) is 0. The van der Waals surface area contributed by atoms with Crippen LogP contribution in [0.4, 0.5) is 5.95 Å². The fraction of sp³-hybridized carbons (Fsp3) is 0.353. The minimum Gasteiger partial charge on any atom is -0.337 e. The smallest absolute Gasteiger partial charge is 0.225 e. The number of benzene rings is 1. The van der Waals surface area contributed by atoms with Crippen LogP contribution in [0.25, 0.3) is 11.0 Å². The monoisotopic (exact) mass is 293 g/mol. The van der Waals surface area contributed by atoms with Crippen LogP contribution in [0.5, 0.6) is 0 Å². The largest absolute Gasteiger partial charge is 0.337 e. The van der Waals surface area contributed by atoms with Gasteiger partial charge < -0.3 is 9.47 Å². The lowest BCUT2D eigenvalue weighted by Crippen LogP contribution is -2.49. The van der Waals surface area contributed by atoms with Crippen LogP contribution in [0.1, 0.15) is 31.6 Å². The van der Waals surface area contributed by atoms with Gasteiger partial charge in [-0.25, -0.2) is 15.0 Å². The molecule has 1 aliphatic heterocycles. The number of fused-ring (bicyclic) bond motifs is 1.